The van der Waals surface area contributed by atoms with Crippen LogP contribution in [-0.4, -0.2) is 12.1 Å². The van der Waals surface area contributed by atoms with Crippen LogP contribution in [0.5, 0.6) is 5.75 Å². The van der Waals surface area contributed by atoms with Gasteiger partial charge < -0.3 is 14.9 Å². The molecule has 6 heteroatoms. The predicted octanol–water partition coefficient (Wildman–Crippen LogP) is 2.94. The predicted molar refractivity (Wildman–Crippen MR) is 83.6 cm³/mol. The zero-order valence-corrected chi connectivity index (χ0v) is 12.8. The number of hydrogen-bond acceptors (Lipinski definition) is 4. The number of benzene rings is 2. The Kier molecular flexibility index (Phi) is 3.57. The molecular formula is C15H13BrN2O3. The van der Waals surface area contributed by atoms with Gasteiger partial charge in [-0.1, -0.05) is 12.1 Å². The number of ether oxygens (including phenoxy) is 1. The van der Waals surface area contributed by atoms with Crippen molar-refractivity contribution in [3.63, 3.8) is 0 Å². The van der Waals surface area contributed by atoms with E-state index in [9.17, 15) is 4.79 Å². The Hall–Kier alpha value is -2.05. The van der Waals surface area contributed by atoms with E-state index in [0.29, 0.717) is 11.1 Å². The van der Waals surface area contributed by atoms with E-state index in [2.05, 4.69) is 20.9 Å². The summed E-state index contributed by atoms with van der Waals surface area (Å²) in [7, 11) is 1.61. The molecule has 0 fully saturated rings. The molecule has 1 aromatic heterocycles. The van der Waals surface area contributed by atoms with Gasteiger partial charge in [-0.15, -0.1) is 0 Å². The number of halogens is 1. The van der Waals surface area contributed by atoms with Crippen LogP contribution in [0.25, 0.3) is 11.1 Å². The molecule has 2 aromatic carbocycles. The molecule has 0 spiro atoms. The molecule has 21 heavy (non-hydrogen) atoms. The molecule has 0 aliphatic carbocycles. The number of hydrogen-bond donors (Lipinski definition) is 2. The summed E-state index contributed by atoms with van der Waals surface area (Å²) in [6, 6.07) is 10.8. The second kappa shape index (κ2) is 5.38. The molecule has 0 radical (unpaired) electrons. The lowest BCUT2D eigenvalue weighted by Crippen LogP contribution is -2.11. The Balaban J connectivity index is 2.00. The molecule has 0 saturated carbocycles. The van der Waals surface area contributed by atoms with Crippen molar-refractivity contribution in [1.82, 2.24) is 4.98 Å². The summed E-state index contributed by atoms with van der Waals surface area (Å²) < 4.78 is 11.1. The molecule has 0 aliphatic rings. The van der Waals surface area contributed by atoms with E-state index in [-0.39, 0.29) is 6.04 Å². The van der Waals surface area contributed by atoms with Crippen LogP contribution in [0.3, 0.4) is 0 Å². The van der Waals surface area contributed by atoms with Crippen LogP contribution in [0.4, 0.5) is 0 Å². The molecule has 1 unspecified atom stereocenters. The second-order valence-corrected chi connectivity index (χ2v) is 5.50. The summed E-state index contributed by atoms with van der Waals surface area (Å²) in [6.45, 7) is 0. The van der Waals surface area contributed by atoms with Gasteiger partial charge >= 0.3 is 5.76 Å². The highest BCUT2D eigenvalue weighted by Crippen LogP contribution is 2.30. The number of methoxy groups -OCH3 is 1. The van der Waals surface area contributed by atoms with Crippen LogP contribution >= 0.6 is 15.9 Å². The lowest BCUT2D eigenvalue weighted by atomic mass is 9.99. The van der Waals surface area contributed by atoms with Crippen molar-refractivity contribution in [1.29, 1.82) is 0 Å². The molecule has 0 saturated heterocycles. The molecule has 0 aliphatic heterocycles. The van der Waals surface area contributed by atoms with Gasteiger partial charge in [0.2, 0.25) is 0 Å². The monoisotopic (exact) mass is 348 g/mol. The molecule has 3 rings (SSSR count). The van der Waals surface area contributed by atoms with Crippen LogP contribution in [0.2, 0.25) is 0 Å². The first kappa shape index (κ1) is 13.9. The Morgan fingerprint density at radius 1 is 1.24 bits per heavy atom. The Morgan fingerprint density at radius 2 is 1.95 bits per heavy atom. The van der Waals surface area contributed by atoms with Crippen LogP contribution in [0.15, 0.2) is 50.1 Å². The minimum absolute atomic E-state index is 0.322. The molecular weight excluding hydrogens is 336 g/mol. The summed E-state index contributed by atoms with van der Waals surface area (Å²) in [5.41, 5.74) is 9.24. The number of H-pyrrole nitrogens is 1. The van der Waals surface area contributed by atoms with Crippen molar-refractivity contribution in [2.75, 3.05) is 7.11 Å². The number of fused-ring (bicyclic) bond motifs is 1. The van der Waals surface area contributed by atoms with Crippen molar-refractivity contribution in [2.24, 2.45) is 5.73 Å². The van der Waals surface area contributed by atoms with Gasteiger partial charge in [0.15, 0.2) is 5.58 Å². The third-order valence-corrected chi connectivity index (χ3v) is 3.96. The zero-order valence-electron chi connectivity index (χ0n) is 11.2. The molecule has 3 N–H and O–H groups in total. The van der Waals surface area contributed by atoms with Gasteiger partial charge in [-0.25, -0.2) is 4.79 Å². The summed E-state index contributed by atoms with van der Waals surface area (Å²) in [5, 5.41) is 0. The maximum atomic E-state index is 11.2. The quantitative estimate of drug-likeness (QED) is 0.762. The van der Waals surface area contributed by atoms with Crippen LogP contribution in [-0.2, 0) is 0 Å². The van der Waals surface area contributed by atoms with Gasteiger partial charge in [-0.2, -0.15) is 0 Å². The molecule has 1 heterocycles. The zero-order chi connectivity index (χ0) is 15.0. The largest absolute Gasteiger partial charge is 0.496 e. The number of aromatic amines is 1. The highest BCUT2D eigenvalue weighted by Gasteiger charge is 2.13. The molecule has 1 atom stereocenters. The van der Waals surface area contributed by atoms with E-state index >= 15 is 0 Å². The average molecular weight is 349 g/mol. The minimum Gasteiger partial charge on any atom is -0.496 e. The first-order chi connectivity index (χ1) is 10.1. The number of oxazole rings is 1. The fraction of sp³-hybridized carbons (Fsp3) is 0.133. The van der Waals surface area contributed by atoms with E-state index in [0.717, 1.165) is 21.3 Å². The number of nitrogens with one attached hydrogen (secondary N) is 1. The molecule has 3 aromatic rings. The fourth-order valence-corrected chi connectivity index (χ4v) is 2.78. The highest BCUT2D eigenvalue weighted by molar-refractivity contribution is 9.10. The van der Waals surface area contributed by atoms with Crippen molar-refractivity contribution >= 4 is 27.0 Å². The first-order valence-corrected chi connectivity index (χ1v) is 7.09. The standard InChI is InChI=1S/C15H13BrN2O3/c1-20-12-5-3-8(6-10(12)16)14(17)9-2-4-11-13(7-9)21-15(19)18-11/h2-7,14H,17H2,1H3,(H,18,19). The number of aromatic nitrogens is 1. The maximum absolute atomic E-state index is 11.2. The molecule has 0 amide bonds. The lowest BCUT2D eigenvalue weighted by molar-refractivity contribution is 0.412. The third-order valence-electron chi connectivity index (χ3n) is 3.34. The second-order valence-electron chi connectivity index (χ2n) is 4.64. The minimum atomic E-state index is -0.470. The third kappa shape index (κ3) is 2.59. The van der Waals surface area contributed by atoms with Crippen molar-refractivity contribution < 1.29 is 9.15 Å². The van der Waals surface area contributed by atoms with Gasteiger partial charge in [-0.05, 0) is 51.3 Å². The topological polar surface area (TPSA) is 81.2 Å². The van der Waals surface area contributed by atoms with Crippen LogP contribution in [0.1, 0.15) is 17.2 Å². The average Bonchev–Trinajstić information content (AvgIpc) is 2.85. The molecule has 0 bridgehead atoms. The number of nitrogens with two attached hydrogens (primary N) is 1. The van der Waals surface area contributed by atoms with Crippen LogP contribution < -0.4 is 16.2 Å². The van der Waals surface area contributed by atoms with E-state index in [1.54, 1.807) is 19.2 Å². The van der Waals surface area contributed by atoms with Gasteiger partial charge in [0.1, 0.15) is 5.75 Å². The van der Waals surface area contributed by atoms with E-state index in [4.69, 9.17) is 14.9 Å². The number of rotatable bonds is 3. The molecule has 5 nitrogen and oxygen atoms in total. The van der Waals surface area contributed by atoms with Gasteiger partial charge in [0.25, 0.3) is 0 Å². The first-order valence-electron chi connectivity index (χ1n) is 6.30. The maximum Gasteiger partial charge on any atom is 0.417 e. The Bertz CT molecular complexity index is 853. The normalized spacial score (nSPS) is 12.5. The van der Waals surface area contributed by atoms with Crippen molar-refractivity contribution in [3.8, 4) is 5.75 Å². The summed E-state index contributed by atoms with van der Waals surface area (Å²) in [4.78, 5) is 13.8. The SMILES string of the molecule is COc1ccc(C(N)c2ccc3[nH]c(=O)oc3c2)cc1Br. The van der Waals surface area contributed by atoms with Crippen molar-refractivity contribution in [3.05, 3.63) is 62.5 Å². The van der Waals surface area contributed by atoms with Gasteiger partial charge in [0.05, 0.1) is 23.1 Å². The van der Waals surface area contributed by atoms with Gasteiger partial charge in [-0.3, -0.25) is 4.98 Å². The fourth-order valence-electron chi connectivity index (χ4n) is 2.22. The Labute approximate surface area is 128 Å². The highest BCUT2D eigenvalue weighted by atomic mass is 79.9. The molecule has 108 valence electrons. The summed E-state index contributed by atoms with van der Waals surface area (Å²) in [6.07, 6.45) is 0. The van der Waals surface area contributed by atoms with E-state index in [1.807, 2.05) is 24.3 Å². The smallest absolute Gasteiger partial charge is 0.417 e. The van der Waals surface area contributed by atoms with Crippen molar-refractivity contribution in [2.45, 2.75) is 6.04 Å². The van der Waals surface area contributed by atoms with Gasteiger partial charge in [0, 0.05) is 0 Å². The van der Waals surface area contributed by atoms with E-state index < -0.39 is 5.76 Å². The summed E-state index contributed by atoms with van der Waals surface area (Å²) in [5.74, 6) is 0.279. The van der Waals surface area contributed by atoms with Crippen LogP contribution in [0, 0.1) is 0 Å². The summed E-state index contributed by atoms with van der Waals surface area (Å²) >= 11 is 3.45. The lowest BCUT2D eigenvalue weighted by Gasteiger charge is -2.14. The van der Waals surface area contributed by atoms with E-state index in [1.165, 1.54) is 0 Å². The Morgan fingerprint density at radius 3 is 2.67 bits per heavy atom.